The number of halogens is 4. The van der Waals surface area contributed by atoms with E-state index in [9.17, 15) is 4.79 Å². The molecule has 0 aliphatic carbocycles. The Morgan fingerprint density at radius 2 is 1.85 bits per heavy atom. The molecular formula is C7H10Cl4O2. The molecule has 13 heavy (non-hydrogen) atoms. The minimum absolute atomic E-state index is 0.217. The number of methoxy groups -OCH3 is 1. The molecule has 0 aromatic rings. The number of carbonyl (C=O) groups excluding carboxylic acids is 1. The smallest absolute Gasteiger partial charge is 0.305 e. The first-order valence-corrected chi connectivity index (χ1v) is 5.36. The number of hydrogen-bond donors (Lipinski definition) is 0. The van der Waals surface area contributed by atoms with Gasteiger partial charge in [0.1, 0.15) is 4.84 Å². The molecule has 0 aliphatic heterocycles. The minimum Gasteiger partial charge on any atom is -0.469 e. The highest BCUT2D eigenvalue weighted by molar-refractivity contribution is 6.49. The number of alkyl halides is 4. The molecule has 0 rings (SSSR count). The minimum atomic E-state index is -0.734. The number of rotatable bonds is 5. The molecule has 0 aromatic heterocycles. The Bertz CT molecular complexity index is 163. The van der Waals surface area contributed by atoms with Crippen LogP contribution < -0.4 is 0 Å². The van der Waals surface area contributed by atoms with E-state index < -0.39 is 15.6 Å². The summed E-state index contributed by atoms with van der Waals surface area (Å²) in [7, 11) is 1.32. The molecular weight excluding hydrogens is 258 g/mol. The lowest BCUT2D eigenvalue weighted by Crippen LogP contribution is -2.22. The van der Waals surface area contributed by atoms with Crippen molar-refractivity contribution in [2.75, 3.05) is 7.11 Å². The van der Waals surface area contributed by atoms with Crippen molar-refractivity contribution < 1.29 is 9.53 Å². The Labute approximate surface area is 97.4 Å². The van der Waals surface area contributed by atoms with Crippen molar-refractivity contribution in [1.82, 2.24) is 0 Å². The van der Waals surface area contributed by atoms with Gasteiger partial charge in [-0.05, 0) is 6.42 Å². The zero-order chi connectivity index (χ0) is 10.4. The van der Waals surface area contributed by atoms with Gasteiger partial charge in [-0.25, -0.2) is 0 Å². The molecule has 0 N–H and O–H groups in total. The number of ether oxygens (including phenoxy) is 1. The summed E-state index contributed by atoms with van der Waals surface area (Å²) >= 11 is 22.6. The Morgan fingerprint density at radius 1 is 1.31 bits per heavy atom. The van der Waals surface area contributed by atoms with Crippen LogP contribution in [-0.4, -0.2) is 28.7 Å². The van der Waals surface area contributed by atoms with Gasteiger partial charge >= 0.3 is 5.97 Å². The van der Waals surface area contributed by atoms with E-state index in [4.69, 9.17) is 46.4 Å². The zero-order valence-corrected chi connectivity index (χ0v) is 10.00. The summed E-state index contributed by atoms with van der Waals surface area (Å²) in [6, 6.07) is 0. The quantitative estimate of drug-likeness (QED) is 0.566. The van der Waals surface area contributed by atoms with E-state index >= 15 is 0 Å². The SMILES string of the molecule is COC(=O)CCC(Cl)C(Cl)C(Cl)Cl. The maximum absolute atomic E-state index is 10.7. The van der Waals surface area contributed by atoms with Crippen molar-refractivity contribution in [2.45, 2.75) is 28.4 Å². The number of carbonyl (C=O) groups is 1. The van der Waals surface area contributed by atoms with Crippen LogP contribution in [0.3, 0.4) is 0 Å². The van der Waals surface area contributed by atoms with Gasteiger partial charge in [0, 0.05) is 6.42 Å². The fraction of sp³-hybridized carbons (Fsp3) is 0.857. The van der Waals surface area contributed by atoms with Crippen molar-refractivity contribution in [3.63, 3.8) is 0 Å². The number of esters is 1. The lowest BCUT2D eigenvalue weighted by atomic mass is 10.2. The van der Waals surface area contributed by atoms with Crippen LogP contribution in [-0.2, 0) is 9.53 Å². The van der Waals surface area contributed by atoms with E-state index in [2.05, 4.69) is 4.74 Å². The van der Waals surface area contributed by atoms with E-state index in [0.717, 1.165) is 0 Å². The van der Waals surface area contributed by atoms with Crippen LogP contribution in [0, 0.1) is 0 Å². The average Bonchev–Trinajstić information content (AvgIpc) is 2.11. The molecule has 0 heterocycles. The Hall–Kier alpha value is 0.630. The summed E-state index contributed by atoms with van der Waals surface area (Å²) in [5.74, 6) is -0.324. The van der Waals surface area contributed by atoms with E-state index in [0.29, 0.717) is 6.42 Å². The average molecular weight is 268 g/mol. The van der Waals surface area contributed by atoms with Gasteiger partial charge in [-0.3, -0.25) is 4.79 Å². The molecule has 0 bridgehead atoms. The Kier molecular flexibility index (Phi) is 7.33. The van der Waals surface area contributed by atoms with Crippen LogP contribution >= 0.6 is 46.4 Å². The highest BCUT2D eigenvalue weighted by atomic mass is 35.5. The molecule has 0 radical (unpaired) electrons. The van der Waals surface area contributed by atoms with Crippen molar-refractivity contribution in [1.29, 1.82) is 0 Å². The first-order valence-electron chi connectivity index (χ1n) is 3.62. The second-order valence-corrected chi connectivity index (χ2v) is 4.64. The van der Waals surface area contributed by atoms with Gasteiger partial charge in [0.25, 0.3) is 0 Å². The first-order chi connectivity index (χ1) is 5.99. The van der Waals surface area contributed by atoms with Gasteiger partial charge in [0.2, 0.25) is 0 Å². The molecule has 0 saturated heterocycles. The fourth-order valence-electron chi connectivity index (χ4n) is 0.675. The summed E-state index contributed by atoms with van der Waals surface area (Å²) in [6.45, 7) is 0. The first kappa shape index (κ1) is 13.6. The standard InChI is InChI=1S/C7H10Cl4O2/c1-13-5(12)3-2-4(8)6(9)7(10)11/h4,6-7H,2-3H2,1H3. The van der Waals surface area contributed by atoms with Gasteiger partial charge in [0.05, 0.1) is 17.9 Å². The molecule has 0 saturated carbocycles. The van der Waals surface area contributed by atoms with Crippen LogP contribution in [0.25, 0.3) is 0 Å². The number of hydrogen-bond acceptors (Lipinski definition) is 2. The highest BCUT2D eigenvalue weighted by Gasteiger charge is 2.23. The normalized spacial score (nSPS) is 15.5. The topological polar surface area (TPSA) is 26.3 Å². The molecule has 2 nitrogen and oxygen atoms in total. The van der Waals surface area contributed by atoms with Crippen molar-refractivity contribution in [3.05, 3.63) is 0 Å². The lowest BCUT2D eigenvalue weighted by molar-refractivity contribution is -0.140. The largest absolute Gasteiger partial charge is 0.469 e. The molecule has 0 aromatic carbocycles. The predicted molar refractivity (Wildman–Crippen MR) is 56.0 cm³/mol. The van der Waals surface area contributed by atoms with Gasteiger partial charge in [-0.1, -0.05) is 0 Å². The Balaban J connectivity index is 3.73. The third-order valence-electron chi connectivity index (χ3n) is 1.44. The van der Waals surface area contributed by atoms with Crippen LogP contribution in [0.2, 0.25) is 0 Å². The van der Waals surface area contributed by atoms with Crippen LogP contribution in [0.5, 0.6) is 0 Å². The van der Waals surface area contributed by atoms with Crippen molar-refractivity contribution in [3.8, 4) is 0 Å². The monoisotopic (exact) mass is 266 g/mol. The fourth-order valence-corrected chi connectivity index (χ4v) is 1.56. The summed E-state index contributed by atoms with van der Waals surface area (Å²) in [5, 5.41) is -0.990. The Morgan fingerprint density at radius 3 is 2.23 bits per heavy atom. The molecule has 2 atom stereocenters. The molecule has 0 amide bonds. The molecule has 0 aliphatic rings. The molecule has 0 spiro atoms. The summed E-state index contributed by atoms with van der Waals surface area (Å²) in [5.41, 5.74) is 0. The van der Waals surface area contributed by atoms with Crippen molar-refractivity contribution in [2.24, 2.45) is 0 Å². The van der Waals surface area contributed by atoms with E-state index in [1.165, 1.54) is 7.11 Å². The van der Waals surface area contributed by atoms with Crippen LogP contribution in [0.1, 0.15) is 12.8 Å². The second kappa shape index (κ2) is 6.99. The molecule has 6 heteroatoms. The van der Waals surface area contributed by atoms with E-state index in [1.54, 1.807) is 0 Å². The second-order valence-electron chi connectivity index (χ2n) is 2.41. The van der Waals surface area contributed by atoms with Gasteiger partial charge in [-0.2, -0.15) is 0 Å². The lowest BCUT2D eigenvalue weighted by Gasteiger charge is -2.15. The highest BCUT2D eigenvalue weighted by Crippen LogP contribution is 2.24. The zero-order valence-electron chi connectivity index (χ0n) is 6.97. The predicted octanol–water partition coefficient (Wildman–Crippen LogP) is 2.96. The summed E-state index contributed by atoms with van der Waals surface area (Å²) in [6.07, 6.45) is 0.618. The summed E-state index contributed by atoms with van der Waals surface area (Å²) < 4.78 is 4.43. The van der Waals surface area contributed by atoms with Crippen molar-refractivity contribution >= 4 is 52.4 Å². The van der Waals surface area contributed by atoms with Crippen LogP contribution in [0.15, 0.2) is 0 Å². The third kappa shape index (κ3) is 5.84. The van der Waals surface area contributed by atoms with Gasteiger partial charge < -0.3 is 4.74 Å². The maximum atomic E-state index is 10.7. The van der Waals surface area contributed by atoms with Gasteiger partial charge in [-0.15, -0.1) is 46.4 Å². The van der Waals surface area contributed by atoms with E-state index in [1.807, 2.05) is 0 Å². The molecule has 0 fully saturated rings. The summed E-state index contributed by atoms with van der Waals surface area (Å²) in [4.78, 5) is 9.98. The van der Waals surface area contributed by atoms with Gasteiger partial charge in [0.15, 0.2) is 0 Å². The maximum Gasteiger partial charge on any atom is 0.305 e. The molecule has 78 valence electrons. The van der Waals surface area contributed by atoms with Crippen LogP contribution in [0.4, 0.5) is 0 Å². The van der Waals surface area contributed by atoms with E-state index in [-0.39, 0.29) is 12.4 Å². The molecule has 2 unspecified atom stereocenters. The third-order valence-corrected chi connectivity index (χ3v) is 3.41.